The number of nitrogens with two attached hydrogens (primary N) is 1. The molecule has 0 aliphatic heterocycles. The molecule has 9 heteroatoms. The smallest absolute Gasteiger partial charge is 0.462 e. The van der Waals surface area contributed by atoms with Crippen molar-refractivity contribution in [3.05, 3.63) is 23.3 Å². The molecule has 0 unspecified atom stereocenters. The Hall–Kier alpha value is -1.90. The van der Waals surface area contributed by atoms with Crippen molar-refractivity contribution in [1.82, 2.24) is 4.98 Å². The standard InChI is InChI=1S/C10H10F4N2O3/c1-2-18-9(17)5-4-16-6(3-15)7(11)8(5)19-10(12,13)14/h4H,2-3,15H2,1H3. The quantitative estimate of drug-likeness (QED) is 0.672. The van der Waals surface area contributed by atoms with Crippen LogP contribution >= 0.6 is 0 Å². The Morgan fingerprint density at radius 3 is 2.58 bits per heavy atom. The molecule has 0 aliphatic carbocycles. The van der Waals surface area contributed by atoms with Gasteiger partial charge in [0.05, 0.1) is 12.3 Å². The number of aromatic nitrogens is 1. The molecule has 0 fully saturated rings. The van der Waals surface area contributed by atoms with Crippen molar-refractivity contribution in [2.24, 2.45) is 5.73 Å². The number of alkyl halides is 3. The molecule has 0 atom stereocenters. The van der Waals surface area contributed by atoms with Gasteiger partial charge in [0.25, 0.3) is 0 Å². The lowest BCUT2D eigenvalue weighted by Crippen LogP contribution is -2.22. The van der Waals surface area contributed by atoms with Gasteiger partial charge in [-0.1, -0.05) is 0 Å². The Balaban J connectivity index is 3.30. The van der Waals surface area contributed by atoms with E-state index in [9.17, 15) is 22.4 Å². The van der Waals surface area contributed by atoms with Crippen LogP contribution in [0.1, 0.15) is 23.0 Å². The number of carbonyl (C=O) groups excluding carboxylic acids is 1. The van der Waals surface area contributed by atoms with Crippen molar-refractivity contribution in [3.8, 4) is 5.75 Å². The molecule has 0 saturated carbocycles. The van der Waals surface area contributed by atoms with Crippen LogP contribution in [0.25, 0.3) is 0 Å². The van der Waals surface area contributed by atoms with E-state index in [0.717, 1.165) is 6.20 Å². The molecule has 0 saturated heterocycles. The van der Waals surface area contributed by atoms with Gasteiger partial charge < -0.3 is 15.2 Å². The fourth-order valence-corrected chi connectivity index (χ4v) is 1.22. The van der Waals surface area contributed by atoms with Crippen LogP contribution in [0, 0.1) is 5.82 Å². The molecule has 5 nitrogen and oxygen atoms in total. The van der Waals surface area contributed by atoms with Gasteiger partial charge in [0.15, 0.2) is 11.6 Å². The van der Waals surface area contributed by atoms with E-state index in [4.69, 9.17) is 5.73 Å². The summed E-state index contributed by atoms with van der Waals surface area (Å²) in [6, 6.07) is 0. The number of esters is 1. The second kappa shape index (κ2) is 5.83. The fraction of sp³-hybridized carbons (Fsp3) is 0.400. The van der Waals surface area contributed by atoms with Gasteiger partial charge in [-0.2, -0.15) is 0 Å². The van der Waals surface area contributed by atoms with Gasteiger partial charge in [0.1, 0.15) is 5.56 Å². The van der Waals surface area contributed by atoms with Crippen molar-refractivity contribution in [1.29, 1.82) is 0 Å². The van der Waals surface area contributed by atoms with E-state index in [1.165, 1.54) is 6.92 Å². The molecular formula is C10H10F4N2O3. The summed E-state index contributed by atoms with van der Waals surface area (Å²) in [7, 11) is 0. The lowest BCUT2D eigenvalue weighted by atomic mass is 10.2. The Labute approximate surface area is 105 Å². The SMILES string of the molecule is CCOC(=O)c1cnc(CN)c(F)c1OC(F)(F)F. The van der Waals surface area contributed by atoms with Crippen LogP contribution in [0.4, 0.5) is 17.6 Å². The van der Waals surface area contributed by atoms with Gasteiger partial charge in [-0.25, -0.2) is 9.18 Å². The molecule has 106 valence electrons. The molecule has 0 radical (unpaired) electrons. The lowest BCUT2D eigenvalue weighted by molar-refractivity contribution is -0.275. The molecule has 2 N–H and O–H groups in total. The maximum absolute atomic E-state index is 13.7. The molecule has 1 aromatic rings. The highest BCUT2D eigenvalue weighted by molar-refractivity contribution is 5.92. The molecule has 19 heavy (non-hydrogen) atoms. The first-order chi connectivity index (χ1) is 8.80. The molecule has 0 aromatic carbocycles. The zero-order chi connectivity index (χ0) is 14.6. The molecule has 0 amide bonds. The summed E-state index contributed by atoms with van der Waals surface area (Å²) in [5.41, 5.74) is 3.91. The number of hydrogen-bond donors (Lipinski definition) is 1. The maximum Gasteiger partial charge on any atom is 0.573 e. The summed E-state index contributed by atoms with van der Waals surface area (Å²) in [6.45, 7) is 0.911. The molecule has 1 heterocycles. The molecule has 0 aliphatic rings. The third-order valence-electron chi connectivity index (χ3n) is 1.95. The van der Waals surface area contributed by atoms with Gasteiger partial charge in [-0.05, 0) is 6.92 Å². The Morgan fingerprint density at radius 2 is 2.11 bits per heavy atom. The van der Waals surface area contributed by atoms with E-state index >= 15 is 0 Å². The van der Waals surface area contributed by atoms with Crippen molar-refractivity contribution in [2.45, 2.75) is 19.8 Å². The van der Waals surface area contributed by atoms with Crippen LogP contribution in [0.3, 0.4) is 0 Å². The largest absolute Gasteiger partial charge is 0.573 e. The average Bonchev–Trinajstić information content (AvgIpc) is 2.30. The summed E-state index contributed by atoms with van der Waals surface area (Å²) in [5.74, 6) is -3.90. The van der Waals surface area contributed by atoms with Gasteiger partial charge >= 0.3 is 12.3 Å². The molecule has 1 aromatic heterocycles. The van der Waals surface area contributed by atoms with E-state index in [0.29, 0.717) is 0 Å². The Kier molecular flexibility index (Phi) is 4.65. The number of carbonyl (C=O) groups is 1. The minimum atomic E-state index is -5.16. The van der Waals surface area contributed by atoms with E-state index in [-0.39, 0.29) is 6.61 Å². The second-order valence-electron chi connectivity index (χ2n) is 3.23. The Bertz CT molecular complexity index is 477. The van der Waals surface area contributed by atoms with Crippen LogP contribution in [0.2, 0.25) is 0 Å². The highest BCUT2D eigenvalue weighted by Gasteiger charge is 2.36. The van der Waals surface area contributed by atoms with E-state index in [2.05, 4.69) is 14.5 Å². The first kappa shape index (κ1) is 15.2. The Morgan fingerprint density at radius 1 is 1.47 bits per heavy atom. The normalized spacial score (nSPS) is 11.3. The number of pyridine rings is 1. The third-order valence-corrected chi connectivity index (χ3v) is 1.95. The zero-order valence-electron chi connectivity index (χ0n) is 9.75. The second-order valence-corrected chi connectivity index (χ2v) is 3.23. The van der Waals surface area contributed by atoms with Crippen molar-refractivity contribution in [2.75, 3.05) is 6.61 Å². The van der Waals surface area contributed by atoms with Crippen LogP contribution in [-0.4, -0.2) is 23.9 Å². The fourth-order valence-electron chi connectivity index (χ4n) is 1.22. The summed E-state index contributed by atoms with van der Waals surface area (Å²) < 4.78 is 58.3. The van der Waals surface area contributed by atoms with Gasteiger partial charge in [-0.15, -0.1) is 13.2 Å². The average molecular weight is 282 g/mol. The number of ether oxygens (including phenoxy) is 2. The maximum atomic E-state index is 13.7. The number of halogens is 4. The molecule has 0 spiro atoms. The minimum Gasteiger partial charge on any atom is -0.462 e. The van der Waals surface area contributed by atoms with Crippen molar-refractivity contribution < 1.29 is 31.8 Å². The van der Waals surface area contributed by atoms with Crippen LogP contribution in [-0.2, 0) is 11.3 Å². The molecule has 0 bridgehead atoms. The first-order valence-electron chi connectivity index (χ1n) is 5.10. The van der Waals surface area contributed by atoms with E-state index in [1.807, 2.05) is 0 Å². The molecule has 1 rings (SSSR count). The summed E-state index contributed by atoms with van der Waals surface area (Å²) >= 11 is 0. The summed E-state index contributed by atoms with van der Waals surface area (Å²) in [5, 5.41) is 0. The predicted molar refractivity (Wildman–Crippen MR) is 54.7 cm³/mol. The number of hydrogen-bond acceptors (Lipinski definition) is 5. The highest BCUT2D eigenvalue weighted by Crippen LogP contribution is 2.30. The van der Waals surface area contributed by atoms with E-state index < -0.39 is 41.7 Å². The zero-order valence-corrected chi connectivity index (χ0v) is 9.75. The lowest BCUT2D eigenvalue weighted by Gasteiger charge is -2.14. The van der Waals surface area contributed by atoms with Gasteiger partial charge in [0, 0.05) is 12.7 Å². The van der Waals surface area contributed by atoms with Crippen LogP contribution < -0.4 is 10.5 Å². The topological polar surface area (TPSA) is 74.4 Å². The van der Waals surface area contributed by atoms with Crippen molar-refractivity contribution >= 4 is 5.97 Å². The number of nitrogens with zero attached hydrogens (tertiary/aromatic N) is 1. The highest BCUT2D eigenvalue weighted by atomic mass is 19.4. The van der Waals surface area contributed by atoms with E-state index in [1.54, 1.807) is 0 Å². The van der Waals surface area contributed by atoms with Crippen LogP contribution in [0.5, 0.6) is 5.75 Å². The predicted octanol–water partition coefficient (Wildman–Crippen LogP) is 1.75. The number of rotatable bonds is 4. The summed E-state index contributed by atoms with van der Waals surface area (Å²) in [6.07, 6.45) is -4.43. The molecular weight excluding hydrogens is 272 g/mol. The van der Waals surface area contributed by atoms with Gasteiger partial charge in [0.2, 0.25) is 0 Å². The van der Waals surface area contributed by atoms with Crippen LogP contribution in [0.15, 0.2) is 6.20 Å². The first-order valence-corrected chi connectivity index (χ1v) is 5.10. The van der Waals surface area contributed by atoms with Crippen molar-refractivity contribution in [3.63, 3.8) is 0 Å². The summed E-state index contributed by atoms with van der Waals surface area (Å²) in [4.78, 5) is 14.8. The monoisotopic (exact) mass is 282 g/mol. The minimum absolute atomic E-state index is 0.0927. The van der Waals surface area contributed by atoms with Gasteiger partial charge in [-0.3, -0.25) is 4.98 Å². The third kappa shape index (κ3) is 3.78.